The molecule has 6 heteroatoms. The van der Waals surface area contributed by atoms with Gasteiger partial charge in [-0.25, -0.2) is 17.8 Å². The van der Waals surface area contributed by atoms with E-state index in [-0.39, 0.29) is 16.6 Å². The van der Waals surface area contributed by atoms with Gasteiger partial charge in [0.05, 0.1) is 10.8 Å². The number of oxazole rings is 1. The lowest BCUT2D eigenvalue weighted by Crippen LogP contribution is -2.03. The number of benzene rings is 4. The zero-order valence-electron chi connectivity index (χ0n) is 18.9. The van der Waals surface area contributed by atoms with Crippen LogP contribution in [-0.4, -0.2) is 19.7 Å². The average molecular weight is 484 g/mol. The van der Waals surface area contributed by atoms with Crippen LogP contribution >= 0.6 is 0 Å². The molecule has 0 radical (unpaired) electrons. The minimum atomic E-state index is -3.34. The highest BCUT2D eigenvalue weighted by molar-refractivity contribution is 7.90. The Labute approximate surface area is 203 Å². The third-order valence-electron chi connectivity index (χ3n) is 5.82. The van der Waals surface area contributed by atoms with Gasteiger partial charge in [0.25, 0.3) is 0 Å². The fourth-order valence-electron chi connectivity index (χ4n) is 4.08. The molecule has 0 amide bonds. The molecule has 1 aromatic heterocycles. The zero-order chi connectivity index (χ0) is 24.4. The molecule has 5 rings (SSSR count). The van der Waals surface area contributed by atoms with Crippen LogP contribution in [0.4, 0.5) is 4.39 Å². The summed E-state index contributed by atoms with van der Waals surface area (Å²) in [7, 11) is -3.34. The third-order valence-corrected chi connectivity index (χ3v) is 6.95. The van der Waals surface area contributed by atoms with Crippen LogP contribution in [0.5, 0.6) is 0 Å². The van der Waals surface area contributed by atoms with E-state index in [0.717, 1.165) is 11.1 Å². The molecule has 35 heavy (non-hydrogen) atoms. The Kier molecular flexibility index (Phi) is 6.05. The van der Waals surface area contributed by atoms with Crippen molar-refractivity contribution in [3.63, 3.8) is 0 Å². The molecular formula is C29H22FNO3S. The summed E-state index contributed by atoms with van der Waals surface area (Å²) in [5, 5.41) is 0. The highest BCUT2D eigenvalue weighted by Gasteiger charge is 2.26. The molecule has 0 saturated carbocycles. The zero-order valence-corrected chi connectivity index (χ0v) is 19.7. The molecule has 0 spiro atoms. The summed E-state index contributed by atoms with van der Waals surface area (Å²) in [5.41, 5.74) is 3.97. The molecule has 0 bridgehead atoms. The molecule has 5 aromatic rings. The van der Waals surface area contributed by atoms with Gasteiger partial charge in [-0.3, -0.25) is 0 Å². The van der Waals surface area contributed by atoms with E-state index in [9.17, 15) is 12.8 Å². The number of halogens is 1. The van der Waals surface area contributed by atoms with E-state index in [0.29, 0.717) is 28.5 Å². The quantitative estimate of drug-likeness (QED) is 0.269. The van der Waals surface area contributed by atoms with Crippen LogP contribution in [0.1, 0.15) is 22.9 Å². The van der Waals surface area contributed by atoms with Gasteiger partial charge < -0.3 is 4.42 Å². The van der Waals surface area contributed by atoms with Crippen LogP contribution in [0.25, 0.3) is 22.6 Å². The Morgan fingerprint density at radius 1 is 0.714 bits per heavy atom. The number of rotatable bonds is 6. The van der Waals surface area contributed by atoms with Gasteiger partial charge in [-0.05, 0) is 59.7 Å². The molecule has 0 saturated heterocycles. The second-order valence-corrected chi connectivity index (χ2v) is 10.3. The van der Waals surface area contributed by atoms with E-state index in [4.69, 9.17) is 9.40 Å². The van der Waals surface area contributed by atoms with Crippen molar-refractivity contribution in [1.82, 2.24) is 4.98 Å². The monoisotopic (exact) mass is 483 g/mol. The van der Waals surface area contributed by atoms with Gasteiger partial charge in [-0.1, -0.05) is 60.7 Å². The van der Waals surface area contributed by atoms with Crippen LogP contribution < -0.4 is 0 Å². The minimum absolute atomic E-state index is 0.218. The third kappa shape index (κ3) is 4.79. The Morgan fingerprint density at radius 3 is 1.74 bits per heavy atom. The first-order valence-electron chi connectivity index (χ1n) is 11.1. The lowest BCUT2D eigenvalue weighted by atomic mass is 9.91. The molecule has 0 fully saturated rings. The number of hydrogen-bond acceptors (Lipinski definition) is 4. The van der Waals surface area contributed by atoms with Gasteiger partial charge in [0.15, 0.2) is 15.6 Å². The lowest BCUT2D eigenvalue weighted by Gasteiger charge is -2.14. The number of aromatic nitrogens is 1. The molecule has 0 aliphatic carbocycles. The number of hydrogen-bond donors (Lipinski definition) is 0. The van der Waals surface area contributed by atoms with Gasteiger partial charge in [-0.2, -0.15) is 0 Å². The van der Waals surface area contributed by atoms with Crippen LogP contribution in [0.15, 0.2) is 119 Å². The Hall–Kier alpha value is -4.03. The lowest BCUT2D eigenvalue weighted by molar-refractivity contribution is 0.499. The van der Waals surface area contributed by atoms with Crippen molar-refractivity contribution in [1.29, 1.82) is 0 Å². The first kappa shape index (κ1) is 22.7. The maximum absolute atomic E-state index is 13.7. The van der Waals surface area contributed by atoms with Gasteiger partial charge in [-0.15, -0.1) is 0 Å². The SMILES string of the molecule is CS(=O)(=O)c1ccc(-c2oc(C(c3ccccc3)c3ccccc3)nc2-c2ccc(F)cc2)cc1. The summed E-state index contributed by atoms with van der Waals surface area (Å²) in [4.78, 5) is 5.12. The molecule has 0 atom stereocenters. The molecular weight excluding hydrogens is 461 g/mol. The van der Waals surface area contributed by atoms with E-state index in [1.807, 2.05) is 60.7 Å². The van der Waals surface area contributed by atoms with E-state index in [1.54, 1.807) is 36.4 Å². The predicted molar refractivity (Wildman–Crippen MR) is 134 cm³/mol. The standard InChI is InChI=1S/C29H22FNO3S/c1-35(32,33)25-18-14-23(15-19-25)28-27(22-12-16-24(30)17-13-22)31-29(34-28)26(20-8-4-2-5-9-20)21-10-6-3-7-11-21/h2-19,26H,1H3. The summed E-state index contributed by atoms with van der Waals surface area (Å²) in [5.74, 6) is 0.371. The Morgan fingerprint density at radius 2 is 1.23 bits per heavy atom. The predicted octanol–water partition coefficient (Wildman–Crippen LogP) is 6.73. The van der Waals surface area contributed by atoms with Crippen molar-refractivity contribution in [2.75, 3.05) is 6.26 Å². The van der Waals surface area contributed by atoms with E-state index in [1.165, 1.54) is 18.4 Å². The summed E-state index contributed by atoms with van der Waals surface area (Å²) in [6.45, 7) is 0. The second kappa shape index (κ2) is 9.31. The molecule has 0 unspecified atom stereocenters. The normalized spacial score (nSPS) is 11.6. The largest absolute Gasteiger partial charge is 0.439 e. The first-order valence-corrected chi connectivity index (χ1v) is 13.0. The Balaban J connectivity index is 1.70. The van der Waals surface area contributed by atoms with E-state index >= 15 is 0 Å². The molecule has 1 heterocycles. The molecule has 174 valence electrons. The first-order chi connectivity index (χ1) is 16.9. The molecule has 0 aliphatic rings. The number of nitrogens with zero attached hydrogens (tertiary/aromatic N) is 1. The van der Waals surface area contributed by atoms with Crippen molar-refractivity contribution in [3.05, 3.63) is 132 Å². The fraction of sp³-hybridized carbons (Fsp3) is 0.0690. The van der Waals surface area contributed by atoms with Crippen LogP contribution in [0, 0.1) is 5.82 Å². The maximum Gasteiger partial charge on any atom is 0.207 e. The van der Waals surface area contributed by atoms with Gasteiger partial charge in [0.2, 0.25) is 5.89 Å². The number of sulfone groups is 1. The average Bonchev–Trinajstić information content (AvgIpc) is 3.30. The van der Waals surface area contributed by atoms with E-state index in [2.05, 4.69) is 0 Å². The van der Waals surface area contributed by atoms with Crippen LogP contribution in [0.2, 0.25) is 0 Å². The van der Waals surface area contributed by atoms with Gasteiger partial charge >= 0.3 is 0 Å². The van der Waals surface area contributed by atoms with Crippen molar-refractivity contribution < 1.29 is 17.2 Å². The summed E-state index contributed by atoms with van der Waals surface area (Å²) in [6.07, 6.45) is 1.17. The van der Waals surface area contributed by atoms with E-state index < -0.39 is 9.84 Å². The maximum atomic E-state index is 13.7. The highest BCUT2D eigenvalue weighted by atomic mass is 32.2. The summed E-state index contributed by atoms with van der Waals surface area (Å²) in [6, 6.07) is 32.5. The van der Waals surface area contributed by atoms with Crippen LogP contribution in [0.3, 0.4) is 0 Å². The summed E-state index contributed by atoms with van der Waals surface area (Å²) >= 11 is 0. The molecule has 0 aliphatic heterocycles. The van der Waals surface area contributed by atoms with Crippen molar-refractivity contribution >= 4 is 9.84 Å². The summed E-state index contributed by atoms with van der Waals surface area (Å²) < 4.78 is 44.0. The van der Waals surface area contributed by atoms with Gasteiger partial charge in [0.1, 0.15) is 11.5 Å². The molecule has 4 nitrogen and oxygen atoms in total. The highest BCUT2D eigenvalue weighted by Crippen LogP contribution is 2.39. The molecule has 4 aromatic carbocycles. The fourth-order valence-corrected chi connectivity index (χ4v) is 4.71. The van der Waals surface area contributed by atoms with Crippen molar-refractivity contribution in [2.45, 2.75) is 10.8 Å². The smallest absolute Gasteiger partial charge is 0.207 e. The topological polar surface area (TPSA) is 60.2 Å². The van der Waals surface area contributed by atoms with Crippen molar-refractivity contribution in [3.8, 4) is 22.6 Å². The second-order valence-electron chi connectivity index (χ2n) is 8.29. The minimum Gasteiger partial charge on any atom is -0.439 e. The molecule has 0 N–H and O–H groups in total. The van der Waals surface area contributed by atoms with Crippen molar-refractivity contribution in [2.24, 2.45) is 0 Å². The van der Waals surface area contributed by atoms with Crippen LogP contribution in [-0.2, 0) is 9.84 Å². The Bertz CT molecular complexity index is 1510. The van der Waals surface area contributed by atoms with Gasteiger partial charge in [0, 0.05) is 17.4 Å².